The fourth-order valence-corrected chi connectivity index (χ4v) is 5.60. The number of thioether (sulfide) groups is 1. The number of hydrogen-bond donors (Lipinski definition) is 2. The number of urea groups is 1. The summed E-state index contributed by atoms with van der Waals surface area (Å²) >= 11 is 1.90. The van der Waals surface area contributed by atoms with Crippen molar-refractivity contribution >= 4 is 29.5 Å². The summed E-state index contributed by atoms with van der Waals surface area (Å²) in [5.74, 6) is 2.14. The number of carbonyl (C=O) groups excluding carboxylic acids is 2. The van der Waals surface area contributed by atoms with E-state index in [0.717, 1.165) is 36.4 Å². The maximum absolute atomic E-state index is 12.0. The number of nitrogens with one attached hydrogen (secondary N) is 2. The van der Waals surface area contributed by atoms with Gasteiger partial charge in [0.05, 0.1) is 18.7 Å². The van der Waals surface area contributed by atoms with Gasteiger partial charge in [0.1, 0.15) is 0 Å². The van der Waals surface area contributed by atoms with Gasteiger partial charge in [-0.1, -0.05) is 6.42 Å². The minimum Gasteiger partial charge on any atom is -0.466 e. The van der Waals surface area contributed by atoms with E-state index >= 15 is 0 Å². The molecule has 0 bridgehead atoms. The summed E-state index contributed by atoms with van der Waals surface area (Å²) < 4.78 is 7.09. The number of carbonyl (C=O) groups is 2. The van der Waals surface area contributed by atoms with Crippen molar-refractivity contribution in [2.75, 3.05) is 12.4 Å². The molecule has 10 heteroatoms. The summed E-state index contributed by atoms with van der Waals surface area (Å²) in [5, 5.41) is 10.8. The number of fused-ring (bicyclic) bond motifs is 2. The van der Waals surface area contributed by atoms with Crippen LogP contribution in [-0.4, -0.2) is 61.3 Å². The average molecular weight is 433 g/mol. The summed E-state index contributed by atoms with van der Waals surface area (Å²) in [6, 6.07) is 2.39. The summed E-state index contributed by atoms with van der Waals surface area (Å²) in [5.41, 5.74) is 1.92. The standard InChI is InChI=1S/C20H28N6O3S/c1-12-10-13(2)26-19(21-12)23-16(25-26)7-5-9-29-17(27)8-4-3-6-15-18-14(11-30-15)22-20(28)24-18/h10,14-15,18H,3-9,11H2,1-2H3,(H2,22,24,28)/t14-,15-,18+/m0/s1. The van der Waals surface area contributed by atoms with Crippen LogP contribution in [0.15, 0.2) is 6.07 Å². The van der Waals surface area contributed by atoms with Crippen LogP contribution in [0.25, 0.3) is 5.78 Å². The lowest BCUT2D eigenvalue weighted by atomic mass is 10.0. The van der Waals surface area contributed by atoms with E-state index < -0.39 is 0 Å². The zero-order valence-corrected chi connectivity index (χ0v) is 18.2. The highest BCUT2D eigenvalue weighted by molar-refractivity contribution is 8.00. The topological polar surface area (TPSA) is 111 Å². The van der Waals surface area contributed by atoms with Crippen LogP contribution in [0.1, 0.15) is 49.3 Å². The van der Waals surface area contributed by atoms with E-state index in [2.05, 4.69) is 25.7 Å². The van der Waals surface area contributed by atoms with Crippen LogP contribution in [-0.2, 0) is 16.0 Å². The van der Waals surface area contributed by atoms with E-state index in [0.29, 0.717) is 42.7 Å². The first kappa shape index (κ1) is 20.9. The van der Waals surface area contributed by atoms with E-state index in [1.807, 2.05) is 31.7 Å². The highest BCUT2D eigenvalue weighted by Gasteiger charge is 2.42. The molecule has 0 radical (unpaired) electrons. The summed E-state index contributed by atoms with van der Waals surface area (Å²) in [4.78, 5) is 32.2. The third kappa shape index (κ3) is 4.85. The molecule has 2 amide bonds. The van der Waals surface area contributed by atoms with Crippen LogP contribution in [0, 0.1) is 13.8 Å². The Hall–Kier alpha value is -2.36. The molecule has 2 aromatic rings. The molecule has 0 saturated carbocycles. The first-order chi connectivity index (χ1) is 14.5. The largest absolute Gasteiger partial charge is 0.466 e. The third-order valence-electron chi connectivity index (χ3n) is 5.53. The number of aromatic nitrogens is 4. The molecule has 3 atom stereocenters. The summed E-state index contributed by atoms with van der Waals surface area (Å²) in [7, 11) is 0. The average Bonchev–Trinajstić information content (AvgIpc) is 3.37. The molecule has 4 rings (SSSR count). The molecule has 2 N–H and O–H groups in total. The van der Waals surface area contributed by atoms with Crippen molar-refractivity contribution in [2.24, 2.45) is 0 Å². The van der Waals surface area contributed by atoms with Gasteiger partial charge in [-0.15, -0.1) is 5.10 Å². The maximum Gasteiger partial charge on any atom is 0.315 e. The predicted molar refractivity (Wildman–Crippen MR) is 113 cm³/mol. The number of unbranched alkanes of at least 4 members (excludes halogenated alkanes) is 1. The van der Waals surface area contributed by atoms with Crippen LogP contribution in [0.3, 0.4) is 0 Å². The van der Waals surface area contributed by atoms with Gasteiger partial charge < -0.3 is 15.4 Å². The maximum atomic E-state index is 12.0. The van der Waals surface area contributed by atoms with E-state index in [1.165, 1.54) is 0 Å². The molecule has 30 heavy (non-hydrogen) atoms. The Morgan fingerprint density at radius 1 is 1.27 bits per heavy atom. The van der Waals surface area contributed by atoms with Crippen molar-refractivity contribution in [3.05, 3.63) is 23.3 Å². The minimum atomic E-state index is -0.154. The Balaban J connectivity index is 1.10. The molecule has 0 aromatic carbocycles. The normalized spacial score (nSPS) is 22.7. The fraction of sp³-hybridized carbons (Fsp3) is 0.650. The van der Waals surface area contributed by atoms with Gasteiger partial charge in [0.25, 0.3) is 5.78 Å². The fourth-order valence-electron chi connectivity index (χ4n) is 4.06. The van der Waals surface area contributed by atoms with Gasteiger partial charge in [0, 0.05) is 35.2 Å². The lowest BCUT2D eigenvalue weighted by Crippen LogP contribution is -2.36. The number of aryl methyl sites for hydroxylation is 3. The second-order valence-corrected chi connectivity index (χ2v) is 9.24. The first-order valence-corrected chi connectivity index (χ1v) is 11.6. The molecule has 9 nitrogen and oxygen atoms in total. The third-order valence-corrected chi connectivity index (χ3v) is 7.04. The van der Waals surface area contributed by atoms with Crippen molar-refractivity contribution in [1.82, 2.24) is 30.2 Å². The van der Waals surface area contributed by atoms with Crippen LogP contribution in [0.2, 0.25) is 0 Å². The van der Waals surface area contributed by atoms with Gasteiger partial charge in [-0.2, -0.15) is 16.7 Å². The van der Waals surface area contributed by atoms with Gasteiger partial charge in [0.15, 0.2) is 5.82 Å². The first-order valence-electron chi connectivity index (χ1n) is 10.5. The van der Waals surface area contributed by atoms with Gasteiger partial charge in [-0.25, -0.2) is 14.3 Å². The van der Waals surface area contributed by atoms with Gasteiger partial charge >= 0.3 is 12.0 Å². The SMILES string of the molecule is Cc1cc(C)n2nc(CCCOC(=O)CCCC[C@@H]3SC[C@@H]4NC(=O)N[C@H]43)nc2n1. The number of esters is 1. The molecule has 2 aromatic heterocycles. The zero-order valence-electron chi connectivity index (χ0n) is 17.4. The Morgan fingerprint density at radius 2 is 2.13 bits per heavy atom. The molecule has 2 fully saturated rings. The summed E-state index contributed by atoms with van der Waals surface area (Å²) in [6.07, 6.45) is 4.56. The molecule has 0 unspecified atom stereocenters. The number of amides is 2. The van der Waals surface area contributed by atoms with Crippen molar-refractivity contribution in [3.63, 3.8) is 0 Å². The molecular weight excluding hydrogens is 404 g/mol. The number of rotatable bonds is 9. The van der Waals surface area contributed by atoms with E-state index in [9.17, 15) is 9.59 Å². The highest BCUT2D eigenvalue weighted by Crippen LogP contribution is 2.33. The van der Waals surface area contributed by atoms with E-state index in [4.69, 9.17) is 4.74 Å². The quantitative estimate of drug-likeness (QED) is 0.354. The highest BCUT2D eigenvalue weighted by atomic mass is 32.2. The monoisotopic (exact) mass is 432 g/mol. The number of hydrogen-bond acceptors (Lipinski definition) is 7. The van der Waals surface area contributed by atoms with Gasteiger partial charge in [-0.3, -0.25) is 4.79 Å². The Kier molecular flexibility index (Phi) is 6.40. The Morgan fingerprint density at radius 3 is 3.00 bits per heavy atom. The number of nitrogens with zero attached hydrogens (tertiary/aromatic N) is 4. The van der Waals surface area contributed by atoms with Crippen LogP contribution < -0.4 is 10.6 Å². The Labute approximate surface area is 179 Å². The van der Waals surface area contributed by atoms with E-state index in [-0.39, 0.29) is 24.1 Å². The minimum absolute atomic E-state index is 0.0563. The molecule has 2 aliphatic rings. The molecule has 162 valence electrons. The van der Waals surface area contributed by atoms with Crippen molar-refractivity contribution in [3.8, 4) is 0 Å². The summed E-state index contributed by atoms with van der Waals surface area (Å²) in [6.45, 7) is 4.29. The zero-order chi connectivity index (χ0) is 21.1. The molecule has 0 spiro atoms. The van der Waals surface area contributed by atoms with Crippen molar-refractivity contribution < 1.29 is 14.3 Å². The molecule has 4 heterocycles. The second-order valence-electron chi connectivity index (χ2n) is 7.97. The molecule has 2 saturated heterocycles. The van der Waals surface area contributed by atoms with Gasteiger partial charge in [-0.05, 0) is 39.2 Å². The molecule has 2 aliphatic heterocycles. The van der Waals surface area contributed by atoms with Crippen LogP contribution in [0.5, 0.6) is 0 Å². The second kappa shape index (κ2) is 9.20. The smallest absolute Gasteiger partial charge is 0.315 e. The van der Waals surface area contributed by atoms with Crippen molar-refractivity contribution in [1.29, 1.82) is 0 Å². The van der Waals surface area contributed by atoms with Gasteiger partial charge in [0.2, 0.25) is 0 Å². The lowest BCUT2D eigenvalue weighted by Gasteiger charge is -2.16. The molecular formula is C20H28N6O3S. The lowest BCUT2D eigenvalue weighted by molar-refractivity contribution is -0.143. The Bertz CT molecular complexity index is 933. The van der Waals surface area contributed by atoms with Crippen LogP contribution >= 0.6 is 11.8 Å². The van der Waals surface area contributed by atoms with E-state index in [1.54, 1.807) is 4.52 Å². The molecule has 0 aliphatic carbocycles. The predicted octanol–water partition coefficient (Wildman–Crippen LogP) is 1.94. The number of ether oxygens (including phenoxy) is 1. The van der Waals surface area contributed by atoms with Crippen LogP contribution in [0.4, 0.5) is 4.79 Å². The van der Waals surface area contributed by atoms with Crippen molar-refractivity contribution in [2.45, 2.75) is 69.7 Å².